The van der Waals surface area contributed by atoms with E-state index in [-0.39, 0.29) is 24.5 Å². The van der Waals surface area contributed by atoms with Gasteiger partial charge in [-0.3, -0.25) is 14.5 Å². The number of para-hydroxylation sites is 1. The zero-order valence-electron chi connectivity index (χ0n) is 22.3. The molecule has 0 spiro atoms. The smallest absolute Gasteiger partial charge is 0.338 e. The fraction of sp³-hybridized carbons (Fsp3) is 0.357. The van der Waals surface area contributed by atoms with Crippen LogP contribution in [0.1, 0.15) is 29.8 Å². The van der Waals surface area contributed by atoms with Crippen molar-refractivity contribution in [1.82, 2.24) is 9.80 Å². The van der Waals surface area contributed by atoms with Gasteiger partial charge in [-0.25, -0.2) is 9.79 Å². The lowest BCUT2D eigenvalue weighted by molar-refractivity contribution is -0.137. The number of carbonyl (C=O) groups is 3. The summed E-state index contributed by atoms with van der Waals surface area (Å²) in [7, 11) is 3.15. The molecule has 2 saturated heterocycles. The summed E-state index contributed by atoms with van der Waals surface area (Å²) < 4.78 is 22.0. The molecule has 2 heterocycles. The quantitative estimate of drug-likeness (QED) is 0.360. The second-order valence-corrected chi connectivity index (χ2v) is 10.0. The zero-order valence-corrected chi connectivity index (χ0v) is 23.2. The van der Waals surface area contributed by atoms with Crippen LogP contribution < -0.4 is 9.47 Å². The van der Waals surface area contributed by atoms with Gasteiger partial charge in [0.25, 0.3) is 11.8 Å². The van der Waals surface area contributed by atoms with Crippen molar-refractivity contribution in [2.45, 2.75) is 20.0 Å². The van der Waals surface area contributed by atoms with Crippen molar-refractivity contribution in [2.24, 2.45) is 4.99 Å². The number of amides is 2. The molecule has 2 aromatic rings. The van der Waals surface area contributed by atoms with E-state index in [1.807, 2.05) is 0 Å². The Morgan fingerprint density at radius 2 is 1.90 bits per heavy atom. The third-order valence-corrected chi connectivity index (χ3v) is 6.93. The van der Waals surface area contributed by atoms with Crippen LogP contribution in [0.2, 0.25) is 0 Å². The molecule has 4 rings (SSSR count). The summed E-state index contributed by atoms with van der Waals surface area (Å²) in [6, 6.07) is 12.0. The van der Waals surface area contributed by atoms with Gasteiger partial charge in [-0.1, -0.05) is 18.2 Å². The van der Waals surface area contributed by atoms with Gasteiger partial charge in [0.15, 0.2) is 23.3 Å². The van der Waals surface area contributed by atoms with Gasteiger partial charge in [0.05, 0.1) is 42.6 Å². The molecule has 2 fully saturated rings. The van der Waals surface area contributed by atoms with Crippen LogP contribution in [0.3, 0.4) is 0 Å². The molecule has 2 aliphatic heterocycles. The molecule has 0 bridgehead atoms. The number of amidine groups is 1. The number of hydrogen-bond donors (Lipinski definition) is 0. The minimum Gasteiger partial charge on any atom is -0.493 e. The van der Waals surface area contributed by atoms with Gasteiger partial charge >= 0.3 is 5.97 Å². The lowest BCUT2D eigenvalue weighted by atomic mass is 10.1. The van der Waals surface area contributed by atoms with Crippen molar-refractivity contribution in [2.75, 3.05) is 47.1 Å². The number of rotatable bonds is 8. The fourth-order valence-corrected chi connectivity index (χ4v) is 4.87. The lowest BCUT2D eigenvalue weighted by Gasteiger charge is -2.27. The Morgan fingerprint density at radius 1 is 1.15 bits per heavy atom. The van der Waals surface area contributed by atoms with E-state index in [0.29, 0.717) is 64.7 Å². The van der Waals surface area contributed by atoms with Gasteiger partial charge in [-0.2, -0.15) is 0 Å². The molecule has 11 heteroatoms. The summed E-state index contributed by atoms with van der Waals surface area (Å²) >= 11 is 1.20. The largest absolute Gasteiger partial charge is 0.493 e. The number of methoxy groups -OCH3 is 1. The minimum absolute atomic E-state index is 0.150. The Morgan fingerprint density at radius 3 is 2.62 bits per heavy atom. The van der Waals surface area contributed by atoms with Gasteiger partial charge < -0.3 is 23.8 Å². The fourth-order valence-electron chi connectivity index (χ4n) is 3.89. The van der Waals surface area contributed by atoms with Gasteiger partial charge in [-0.05, 0) is 56.0 Å². The normalized spacial score (nSPS) is 17.7. The maximum absolute atomic E-state index is 13.1. The van der Waals surface area contributed by atoms with Crippen LogP contribution >= 0.6 is 11.8 Å². The molecular weight excluding hydrogens is 522 g/mol. The van der Waals surface area contributed by atoms with E-state index in [0.717, 1.165) is 0 Å². The van der Waals surface area contributed by atoms with Crippen LogP contribution in [0.5, 0.6) is 11.5 Å². The van der Waals surface area contributed by atoms with Crippen LogP contribution in [0.25, 0.3) is 6.08 Å². The van der Waals surface area contributed by atoms with Gasteiger partial charge in [0.2, 0.25) is 0 Å². The van der Waals surface area contributed by atoms with Crippen molar-refractivity contribution in [1.29, 1.82) is 0 Å². The number of thioether (sulfide) groups is 1. The Kier molecular flexibility index (Phi) is 9.26. The number of ether oxygens (including phenoxy) is 4. The third-order valence-electron chi connectivity index (χ3n) is 5.87. The number of esters is 1. The number of benzene rings is 2. The Labute approximate surface area is 231 Å². The second kappa shape index (κ2) is 12.8. The molecule has 10 nitrogen and oxygen atoms in total. The monoisotopic (exact) mass is 553 g/mol. The number of likely N-dealkylation sites (N-methyl/N-ethyl adjacent to an activating group) is 1. The molecule has 0 radical (unpaired) electrons. The molecule has 0 aliphatic carbocycles. The minimum atomic E-state index is -0.436. The summed E-state index contributed by atoms with van der Waals surface area (Å²) in [5.41, 5.74) is 1.49. The zero-order chi connectivity index (χ0) is 27.9. The molecular formula is C28H31N3O7S. The van der Waals surface area contributed by atoms with Crippen LogP contribution in [-0.2, 0) is 19.1 Å². The first-order chi connectivity index (χ1) is 18.8. The summed E-state index contributed by atoms with van der Waals surface area (Å²) in [5.74, 6) is -0.0160. The summed E-state index contributed by atoms with van der Waals surface area (Å²) in [6.45, 7) is 5.44. The summed E-state index contributed by atoms with van der Waals surface area (Å²) in [4.78, 5) is 46.2. The molecule has 39 heavy (non-hydrogen) atoms. The van der Waals surface area contributed by atoms with E-state index in [9.17, 15) is 14.4 Å². The van der Waals surface area contributed by atoms with E-state index in [1.165, 1.54) is 23.8 Å². The van der Waals surface area contributed by atoms with Crippen LogP contribution in [0.15, 0.2) is 52.4 Å². The number of hydrogen-bond acceptors (Lipinski definition) is 9. The number of aliphatic imine (C=N–C) groups is 1. The maximum atomic E-state index is 13.1. The highest BCUT2D eigenvalue weighted by atomic mass is 32.2. The molecule has 2 aliphatic rings. The molecule has 0 saturated carbocycles. The summed E-state index contributed by atoms with van der Waals surface area (Å²) in [5, 5.41) is 0.452. The maximum Gasteiger partial charge on any atom is 0.338 e. The molecule has 0 unspecified atom stereocenters. The summed E-state index contributed by atoms with van der Waals surface area (Å²) in [6.07, 6.45) is 1.46. The number of morpholine rings is 1. The third kappa shape index (κ3) is 6.98. The molecule has 0 N–H and O–H groups in total. The highest BCUT2D eigenvalue weighted by molar-refractivity contribution is 8.18. The Bertz CT molecular complexity index is 1300. The standard InChI is InChI=1S/C28H31N3O7S/c1-18(2)38-27(34)20-8-5-9-21(15-20)29-28-30(3)26(33)23(39-28)16-19-7-6-10-22(35-4)25(19)37-17-24(32)31-11-13-36-14-12-31/h5-10,15-16,18H,11-14,17H2,1-4H3/b23-16-,29-28?. The van der Waals surface area contributed by atoms with E-state index >= 15 is 0 Å². The molecule has 206 valence electrons. The highest BCUT2D eigenvalue weighted by Gasteiger charge is 2.31. The molecule has 0 atom stereocenters. The average Bonchev–Trinajstić information content (AvgIpc) is 3.19. The van der Waals surface area contributed by atoms with Gasteiger partial charge in [0.1, 0.15) is 0 Å². The first kappa shape index (κ1) is 28.2. The van der Waals surface area contributed by atoms with Crippen LogP contribution in [0, 0.1) is 0 Å². The number of nitrogens with zero attached hydrogens (tertiary/aromatic N) is 3. The Balaban J connectivity index is 1.55. The molecule has 0 aromatic heterocycles. The van der Waals surface area contributed by atoms with Crippen LogP contribution in [0.4, 0.5) is 5.69 Å². The average molecular weight is 554 g/mol. The van der Waals surface area contributed by atoms with E-state index in [2.05, 4.69) is 4.99 Å². The van der Waals surface area contributed by atoms with Crippen LogP contribution in [-0.4, -0.2) is 85.9 Å². The number of carbonyl (C=O) groups excluding carboxylic acids is 3. The SMILES string of the molecule is COc1cccc(/C=C2\SC(=Nc3cccc(C(=O)OC(C)C)c3)N(C)C2=O)c1OCC(=O)N1CCOCC1. The first-order valence-corrected chi connectivity index (χ1v) is 13.3. The van der Waals surface area contributed by atoms with Crippen molar-refractivity contribution in [3.05, 3.63) is 58.5 Å². The van der Waals surface area contributed by atoms with Gasteiger partial charge in [0, 0.05) is 25.7 Å². The first-order valence-electron chi connectivity index (χ1n) is 12.5. The van der Waals surface area contributed by atoms with Crippen molar-refractivity contribution in [3.8, 4) is 11.5 Å². The van der Waals surface area contributed by atoms with Crippen molar-refractivity contribution in [3.63, 3.8) is 0 Å². The predicted octanol–water partition coefficient (Wildman–Crippen LogP) is 3.73. The topological polar surface area (TPSA) is 107 Å². The van der Waals surface area contributed by atoms with E-state index in [4.69, 9.17) is 18.9 Å². The van der Waals surface area contributed by atoms with E-state index in [1.54, 1.807) is 74.3 Å². The lowest BCUT2D eigenvalue weighted by Crippen LogP contribution is -2.43. The predicted molar refractivity (Wildman–Crippen MR) is 148 cm³/mol. The second-order valence-electron chi connectivity index (χ2n) is 9.03. The van der Waals surface area contributed by atoms with Gasteiger partial charge in [-0.15, -0.1) is 0 Å². The van der Waals surface area contributed by atoms with Crippen molar-refractivity contribution < 1.29 is 33.3 Å². The van der Waals surface area contributed by atoms with Crippen molar-refractivity contribution >= 4 is 46.5 Å². The van der Waals surface area contributed by atoms with E-state index < -0.39 is 5.97 Å². The molecule has 2 amide bonds. The highest BCUT2D eigenvalue weighted by Crippen LogP contribution is 2.38. The Hall–Kier alpha value is -3.83. The molecule has 2 aromatic carbocycles.